The molecule has 0 fully saturated rings. The zero-order valence-corrected chi connectivity index (χ0v) is 29.1. The van der Waals surface area contributed by atoms with E-state index in [1.807, 2.05) is 0 Å². The van der Waals surface area contributed by atoms with Gasteiger partial charge in [-0.05, 0) is 38.5 Å². The van der Waals surface area contributed by atoms with Gasteiger partial charge in [0.25, 0.3) is 0 Å². The van der Waals surface area contributed by atoms with Crippen LogP contribution in [0.25, 0.3) is 0 Å². The molecule has 0 saturated heterocycles. The van der Waals surface area contributed by atoms with E-state index in [0.29, 0.717) is 0 Å². The summed E-state index contributed by atoms with van der Waals surface area (Å²) in [4.78, 5) is 55.5. The van der Waals surface area contributed by atoms with E-state index in [9.17, 15) is 59.4 Å². The molecule has 0 aromatic heterocycles. The van der Waals surface area contributed by atoms with Crippen molar-refractivity contribution in [1.29, 1.82) is 0 Å². The van der Waals surface area contributed by atoms with Crippen LogP contribution in [0.2, 0.25) is 0 Å². The molecule has 0 atom stereocenters. The van der Waals surface area contributed by atoms with Gasteiger partial charge in [-0.15, -0.1) is 0 Å². The second kappa shape index (κ2) is 54.0. The topological polar surface area (TPSA) is 241 Å². The van der Waals surface area contributed by atoms with Crippen molar-refractivity contribution >= 4 is 160 Å². The summed E-state index contributed by atoms with van der Waals surface area (Å²) in [7, 11) is 0. The first kappa shape index (κ1) is 59.2. The summed E-state index contributed by atoms with van der Waals surface area (Å²) in [6.07, 6.45) is 0.667. The monoisotopic (exact) mass is 656 g/mol. The Morgan fingerprint density at radius 3 is 0.394 bits per heavy atom. The molecule has 0 amide bonds. The number of carboxylic acids is 6. The Bertz CT molecular complexity index is 367. The fourth-order valence-corrected chi connectivity index (χ4v) is 0. The molecule has 0 aromatic carbocycles. The minimum atomic E-state index is -0.995. The molecule has 0 aliphatic rings. The summed E-state index contributed by atoms with van der Waals surface area (Å²) in [5.41, 5.74) is 0. The van der Waals surface area contributed by atoms with E-state index < -0.39 is 35.8 Å². The number of aliphatic carboxylic acids is 6. The molecule has 0 saturated carbocycles. The second-order valence-corrected chi connectivity index (χ2v) is 4.35. The standard InChI is InChI=1S/6C3H6O2.Ba.2Ca/c6*1-2-3(4)5;;;/h6*2H2,1H3,(H,4,5);;;/q;;;;;;3*+2/p-6. The van der Waals surface area contributed by atoms with E-state index in [-0.39, 0.29) is 163 Å². The van der Waals surface area contributed by atoms with Crippen LogP contribution < -0.4 is 30.6 Å². The van der Waals surface area contributed by atoms with Crippen molar-refractivity contribution in [3.05, 3.63) is 0 Å². The molecule has 0 heterocycles. The van der Waals surface area contributed by atoms with Gasteiger partial charge in [-0.1, -0.05) is 41.5 Å². The molecule has 0 aliphatic heterocycles. The Labute approximate surface area is 295 Å². The van der Waals surface area contributed by atoms with Crippen molar-refractivity contribution in [3.63, 3.8) is 0 Å². The Morgan fingerprint density at radius 1 is 0.364 bits per heavy atom. The molecule has 0 unspecified atom stereocenters. The van der Waals surface area contributed by atoms with E-state index in [1.54, 1.807) is 0 Å². The maximum Gasteiger partial charge on any atom is 2.00 e. The quantitative estimate of drug-likeness (QED) is 0.243. The van der Waals surface area contributed by atoms with Gasteiger partial charge in [-0.25, -0.2) is 0 Å². The van der Waals surface area contributed by atoms with Crippen molar-refractivity contribution in [2.24, 2.45) is 0 Å². The molecule has 33 heavy (non-hydrogen) atoms. The number of rotatable bonds is 6. The molecular weight excluding hydrogens is 626 g/mol. The van der Waals surface area contributed by atoms with Crippen molar-refractivity contribution < 1.29 is 59.4 Å². The SMILES string of the molecule is CCC(=O)[O-].CCC(=O)[O-].CCC(=O)[O-].CCC(=O)[O-].CCC(=O)[O-].CCC(=O)[O-].[Ba+2].[Ca+2].[Ca+2]. The summed E-state index contributed by atoms with van der Waals surface area (Å²) in [5, 5.41) is 55.5. The van der Waals surface area contributed by atoms with E-state index in [2.05, 4.69) is 0 Å². The van der Waals surface area contributed by atoms with Crippen LogP contribution >= 0.6 is 0 Å². The zero-order valence-electron chi connectivity index (χ0n) is 20.3. The van der Waals surface area contributed by atoms with E-state index >= 15 is 0 Å². The van der Waals surface area contributed by atoms with Gasteiger partial charge in [-0.2, -0.15) is 0 Å². The average Bonchev–Trinajstić information content (AvgIpc) is 2.69. The van der Waals surface area contributed by atoms with Crippen LogP contribution in [0.1, 0.15) is 80.1 Å². The van der Waals surface area contributed by atoms with Gasteiger partial charge in [0.05, 0.1) is 0 Å². The van der Waals surface area contributed by atoms with Gasteiger partial charge in [0.1, 0.15) is 0 Å². The average molecular weight is 656 g/mol. The molecule has 0 aromatic rings. The molecule has 0 radical (unpaired) electrons. The number of carbonyl (C=O) groups is 6. The van der Waals surface area contributed by atoms with Crippen molar-refractivity contribution in [1.82, 2.24) is 0 Å². The Kier molecular flexibility index (Phi) is 96.9. The number of carbonyl (C=O) groups excluding carboxylic acids is 6. The molecule has 12 nitrogen and oxygen atoms in total. The summed E-state index contributed by atoms with van der Waals surface area (Å²) in [6, 6.07) is 0. The fourth-order valence-electron chi connectivity index (χ4n) is 0. The Hall–Kier alpha value is 0.911. The predicted octanol–water partition coefficient (Wildman–Crippen LogP) is -6.26. The normalized spacial score (nSPS) is 6.73. The van der Waals surface area contributed by atoms with E-state index in [1.165, 1.54) is 41.5 Å². The van der Waals surface area contributed by atoms with E-state index in [0.717, 1.165) is 0 Å². The largest absolute Gasteiger partial charge is 2.00 e. The Balaban J connectivity index is -0.0000000294. The second-order valence-electron chi connectivity index (χ2n) is 4.35. The maximum atomic E-state index is 9.26. The van der Waals surface area contributed by atoms with Crippen molar-refractivity contribution in [2.45, 2.75) is 80.1 Å². The first-order chi connectivity index (χ1) is 13.6. The van der Waals surface area contributed by atoms with Crippen LogP contribution in [-0.4, -0.2) is 160 Å². The van der Waals surface area contributed by atoms with Crippen molar-refractivity contribution in [2.75, 3.05) is 0 Å². The third-order valence-corrected chi connectivity index (χ3v) is 1.73. The van der Waals surface area contributed by atoms with Crippen LogP contribution in [0.4, 0.5) is 0 Å². The van der Waals surface area contributed by atoms with Crippen LogP contribution in [0.5, 0.6) is 0 Å². The number of hydrogen-bond acceptors (Lipinski definition) is 12. The van der Waals surface area contributed by atoms with Crippen LogP contribution in [0, 0.1) is 0 Å². The third-order valence-electron chi connectivity index (χ3n) is 1.73. The van der Waals surface area contributed by atoms with Gasteiger partial charge in [0, 0.05) is 35.8 Å². The van der Waals surface area contributed by atoms with E-state index in [4.69, 9.17) is 0 Å². The molecule has 0 rings (SSSR count). The summed E-state index contributed by atoms with van der Waals surface area (Å²) < 4.78 is 0. The third kappa shape index (κ3) is 189. The van der Waals surface area contributed by atoms with Crippen LogP contribution in [0.3, 0.4) is 0 Å². The first-order valence-electron chi connectivity index (χ1n) is 8.81. The molecule has 180 valence electrons. The van der Waals surface area contributed by atoms with Gasteiger partial charge < -0.3 is 59.4 Å². The summed E-state index contributed by atoms with van der Waals surface area (Å²) in [6.45, 7) is 9.22. The number of hydrogen-bond donors (Lipinski definition) is 0. The fraction of sp³-hybridized carbons (Fsp3) is 0.667. The van der Waals surface area contributed by atoms with Gasteiger partial charge >= 0.3 is 124 Å². The summed E-state index contributed by atoms with van der Waals surface area (Å²) in [5.74, 6) is -5.97. The minimum absolute atomic E-state index is 0. The number of carboxylic acid groups (broad SMARTS) is 6. The van der Waals surface area contributed by atoms with Crippen LogP contribution in [0.15, 0.2) is 0 Å². The Morgan fingerprint density at radius 2 is 0.394 bits per heavy atom. The molecule has 0 spiro atoms. The molecule has 0 bridgehead atoms. The maximum absolute atomic E-state index is 9.26. The molecule has 0 N–H and O–H groups in total. The summed E-state index contributed by atoms with van der Waals surface area (Å²) >= 11 is 0. The molecule has 15 heteroatoms. The predicted molar refractivity (Wildman–Crippen MR) is 109 cm³/mol. The first-order valence-corrected chi connectivity index (χ1v) is 8.81. The smallest absolute Gasteiger partial charge is 0.550 e. The minimum Gasteiger partial charge on any atom is -0.550 e. The van der Waals surface area contributed by atoms with Gasteiger partial charge in [-0.3, -0.25) is 0 Å². The van der Waals surface area contributed by atoms with Gasteiger partial charge in [0.15, 0.2) is 0 Å². The van der Waals surface area contributed by atoms with Crippen molar-refractivity contribution in [3.8, 4) is 0 Å². The van der Waals surface area contributed by atoms with Crippen LogP contribution in [-0.2, 0) is 28.8 Å². The van der Waals surface area contributed by atoms with Gasteiger partial charge in [0.2, 0.25) is 0 Å². The molecular formula is C18H30BaCa2O12. The molecule has 0 aliphatic carbocycles. The zero-order chi connectivity index (χ0) is 25.7.